The number of carbonyl (C=O) groups excluding carboxylic acids is 1. The van der Waals surface area contributed by atoms with E-state index in [1.165, 1.54) is 11.1 Å². The van der Waals surface area contributed by atoms with Crippen molar-refractivity contribution in [2.45, 2.75) is 51.7 Å². The van der Waals surface area contributed by atoms with Gasteiger partial charge in [-0.1, -0.05) is 11.6 Å². The number of hydrogen-bond donors (Lipinski definition) is 2. The number of amides is 1. The smallest absolute Gasteiger partial charge is 0.410 e. The second-order valence-corrected chi connectivity index (χ2v) is 9.60. The van der Waals surface area contributed by atoms with Crippen LogP contribution in [0.2, 0.25) is 5.02 Å². The number of methoxy groups -OCH3 is 1. The molecule has 9 heteroatoms. The predicted octanol–water partition coefficient (Wildman–Crippen LogP) is 4.42. The molecule has 32 heavy (non-hydrogen) atoms. The number of aromatic nitrogens is 1. The van der Waals surface area contributed by atoms with Gasteiger partial charge in [0.25, 0.3) is 0 Å². The van der Waals surface area contributed by atoms with Gasteiger partial charge in [-0.25, -0.2) is 4.79 Å². The van der Waals surface area contributed by atoms with Crippen LogP contribution < -0.4 is 4.74 Å². The molecule has 0 spiro atoms. The summed E-state index contributed by atoms with van der Waals surface area (Å²) in [5.74, 6) is -0.399. The lowest BCUT2D eigenvalue weighted by atomic mass is 9.81. The Balaban J connectivity index is 1.80. The van der Waals surface area contributed by atoms with Gasteiger partial charge in [0.05, 0.1) is 29.2 Å². The lowest BCUT2D eigenvalue weighted by molar-refractivity contribution is -0.148. The molecule has 0 radical (unpaired) electrons. The zero-order chi connectivity index (χ0) is 23.7. The van der Waals surface area contributed by atoms with E-state index >= 15 is 0 Å². The maximum Gasteiger partial charge on any atom is 0.410 e. The second kappa shape index (κ2) is 9.11. The number of carbonyl (C=O) groups is 2. The molecule has 1 fully saturated rings. The average Bonchev–Trinajstić information content (AvgIpc) is 3.16. The van der Waals surface area contributed by atoms with Crippen molar-refractivity contribution in [3.05, 3.63) is 35.0 Å². The molecule has 1 aliphatic rings. The van der Waals surface area contributed by atoms with Gasteiger partial charge >= 0.3 is 12.1 Å². The fourth-order valence-corrected chi connectivity index (χ4v) is 4.31. The highest BCUT2D eigenvalue weighted by Crippen LogP contribution is 2.40. The van der Waals surface area contributed by atoms with Gasteiger partial charge < -0.3 is 24.6 Å². The Morgan fingerprint density at radius 1 is 1.34 bits per heavy atom. The monoisotopic (exact) mass is 464 g/mol. The molecule has 2 N–H and O–H groups in total. The van der Waals surface area contributed by atoms with Gasteiger partial charge in [0.2, 0.25) is 0 Å². The van der Waals surface area contributed by atoms with Gasteiger partial charge in [0.15, 0.2) is 0 Å². The van der Waals surface area contributed by atoms with E-state index in [9.17, 15) is 19.8 Å². The molecule has 0 bridgehead atoms. The quantitative estimate of drug-likeness (QED) is 0.651. The first kappa shape index (κ1) is 24.1. The molecule has 2 unspecified atom stereocenters. The first-order chi connectivity index (χ1) is 15.0. The Kier molecular flexibility index (Phi) is 6.86. The molecule has 2 heterocycles. The maximum atomic E-state index is 12.4. The van der Waals surface area contributed by atoms with Crippen LogP contribution in [0.1, 0.15) is 51.7 Å². The van der Waals surface area contributed by atoms with E-state index in [-0.39, 0.29) is 32.4 Å². The fourth-order valence-electron chi connectivity index (χ4n) is 4.03. The molecule has 1 amide bonds. The number of ether oxygens (including phenoxy) is 2. The number of nitrogens with zero attached hydrogens (tertiary/aromatic N) is 2. The zero-order valence-electron chi connectivity index (χ0n) is 18.7. The molecule has 1 aromatic carbocycles. The number of aliphatic hydroxyl groups excluding tert-OH is 1. The number of pyridine rings is 1. The molecule has 1 aromatic heterocycles. The molecule has 0 aliphatic carbocycles. The number of likely N-dealkylation sites (tertiary alicyclic amines) is 1. The number of aliphatic carboxylic acids is 1. The van der Waals surface area contributed by atoms with E-state index in [1.54, 1.807) is 46.1 Å². The van der Waals surface area contributed by atoms with Crippen molar-refractivity contribution in [2.24, 2.45) is 5.41 Å². The number of halogens is 1. The number of benzene rings is 1. The number of rotatable bonds is 6. The molecule has 3 rings (SSSR count). The maximum absolute atomic E-state index is 12.4. The van der Waals surface area contributed by atoms with Crippen molar-refractivity contribution in [3.8, 4) is 5.75 Å². The minimum absolute atomic E-state index is 0.0304. The summed E-state index contributed by atoms with van der Waals surface area (Å²) >= 11 is 6.36. The topological polar surface area (TPSA) is 109 Å². The lowest BCUT2D eigenvalue weighted by Crippen LogP contribution is -2.39. The highest BCUT2D eigenvalue weighted by Gasteiger charge is 2.47. The van der Waals surface area contributed by atoms with Crippen molar-refractivity contribution in [3.63, 3.8) is 0 Å². The normalized spacial score (nSPS) is 19.8. The summed E-state index contributed by atoms with van der Waals surface area (Å²) in [6, 6.07) is 5.29. The number of fused-ring (bicyclic) bond motifs is 1. The molecule has 174 valence electrons. The molecular formula is C23H29ClN2O6. The lowest BCUT2D eigenvalue weighted by Gasteiger charge is -2.28. The standard InChI is InChI=1S/C23H29ClN2O6/c1-22(2,3)32-21(30)26-10-9-23(13-26,20(28)29)8-7-18(27)19-15-11-14(31-4)5-6-17(15)25-12-16(19)24/h5-6,11-12,18,27H,7-10,13H2,1-4H3,(H,28,29). The van der Waals surface area contributed by atoms with Crippen LogP contribution in [0, 0.1) is 5.41 Å². The van der Waals surface area contributed by atoms with E-state index in [2.05, 4.69) is 4.98 Å². The van der Waals surface area contributed by atoms with Gasteiger partial charge in [0.1, 0.15) is 11.4 Å². The van der Waals surface area contributed by atoms with E-state index < -0.39 is 29.2 Å². The Morgan fingerprint density at radius 2 is 2.06 bits per heavy atom. The van der Waals surface area contributed by atoms with Gasteiger partial charge in [0, 0.05) is 30.2 Å². The van der Waals surface area contributed by atoms with Crippen LogP contribution in [0.25, 0.3) is 10.9 Å². The highest BCUT2D eigenvalue weighted by atomic mass is 35.5. The van der Waals surface area contributed by atoms with Crippen molar-refractivity contribution >= 4 is 34.6 Å². The van der Waals surface area contributed by atoms with Crippen LogP contribution in [0.15, 0.2) is 24.4 Å². The largest absolute Gasteiger partial charge is 0.497 e. The van der Waals surface area contributed by atoms with Crippen molar-refractivity contribution in [1.29, 1.82) is 0 Å². The van der Waals surface area contributed by atoms with E-state index in [0.717, 1.165) is 0 Å². The van der Waals surface area contributed by atoms with Crippen molar-refractivity contribution in [1.82, 2.24) is 9.88 Å². The van der Waals surface area contributed by atoms with Crippen LogP contribution in [-0.2, 0) is 9.53 Å². The summed E-state index contributed by atoms with van der Waals surface area (Å²) in [4.78, 5) is 30.3. The zero-order valence-corrected chi connectivity index (χ0v) is 19.5. The van der Waals surface area contributed by atoms with Gasteiger partial charge in [-0.05, 0) is 58.2 Å². The third kappa shape index (κ3) is 5.07. The van der Waals surface area contributed by atoms with Crippen LogP contribution in [0.4, 0.5) is 4.79 Å². The molecule has 8 nitrogen and oxygen atoms in total. The predicted molar refractivity (Wildman–Crippen MR) is 120 cm³/mol. The summed E-state index contributed by atoms with van der Waals surface area (Å²) in [5, 5.41) is 21.9. The van der Waals surface area contributed by atoms with E-state index in [0.29, 0.717) is 27.2 Å². The molecule has 1 aliphatic heterocycles. The van der Waals surface area contributed by atoms with Gasteiger partial charge in [-0.15, -0.1) is 0 Å². The van der Waals surface area contributed by atoms with Crippen LogP contribution in [0.5, 0.6) is 5.75 Å². The average molecular weight is 465 g/mol. The minimum Gasteiger partial charge on any atom is -0.497 e. The van der Waals surface area contributed by atoms with E-state index in [1.807, 2.05) is 0 Å². The minimum atomic E-state index is -1.16. The number of carboxylic acid groups (broad SMARTS) is 1. The third-order valence-electron chi connectivity index (χ3n) is 5.76. The van der Waals surface area contributed by atoms with Crippen LogP contribution in [-0.4, -0.2) is 58.0 Å². The Bertz CT molecular complexity index is 1020. The molecule has 2 aromatic rings. The van der Waals surface area contributed by atoms with Crippen LogP contribution >= 0.6 is 11.6 Å². The number of aliphatic hydroxyl groups is 1. The first-order valence-corrected chi connectivity index (χ1v) is 10.8. The Hall–Kier alpha value is -2.58. The summed E-state index contributed by atoms with van der Waals surface area (Å²) in [5.41, 5.74) is -0.695. The number of hydrogen-bond acceptors (Lipinski definition) is 6. The Morgan fingerprint density at radius 3 is 2.69 bits per heavy atom. The third-order valence-corrected chi connectivity index (χ3v) is 6.06. The highest BCUT2D eigenvalue weighted by molar-refractivity contribution is 6.32. The van der Waals surface area contributed by atoms with Gasteiger partial charge in [-0.2, -0.15) is 0 Å². The Labute approximate surface area is 192 Å². The fraction of sp³-hybridized carbons (Fsp3) is 0.522. The van der Waals surface area contributed by atoms with Crippen molar-refractivity contribution in [2.75, 3.05) is 20.2 Å². The van der Waals surface area contributed by atoms with Crippen LogP contribution in [0.3, 0.4) is 0 Å². The molecule has 2 atom stereocenters. The van der Waals surface area contributed by atoms with Gasteiger partial charge in [-0.3, -0.25) is 9.78 Å². The SMILES string of the molecule is COc1ccc2ncc(Cl)c(C(O)CCC3(C(=O)O)CCN(C(=O)OC(C)(C)C)C3)c2c1. The molecular weight excluding hydrogens is 436 g/mol. The molecule has 0 saturated carbocycles. The summed E-state index contributed by atoms with van der Waals surface area (Å²) in [6.07, 6.45) is 0.551. The first-order valence-electron chi connectivity index (χ1n) is 10.5. The van der Waals surface area contributed by atoms with Crippen molar-refractivity contribution < 1.29 is 29.3 Å². The molecule has 1 saturated heterocycles. The summed E-state index contributed by atoms with van der Waals surface area (Å²) < 4.78 is 10.7. The number of carboxylic acids is 1. The van der Waals surface area contributed by atoms with E-state index in [4.69, 9.17) is 21.1 Å². The second-order valence-electron chi connectivity index (χ2n) is 9.19. The summed E-state index contributed by atoms with van der Waals surface area (Å²) in [6.45, 7) is 5.61. The summed E-state index contributed by atoms with van der Waals surface area (Å²) in [7, 11) is 1.54.